The van der Waals surface area contributed by atoms with Crippen molar-refractivity contribution in [2.24, 2.45) is 10.9 Å². The Labute approximate surface area is 174 Å². The molecule has 0 bridgehead atoms. The summed E-state index contributed by atoms with van der Waals surface area (Å²) >= 11 is 0. The van der Waals surface area contributed by atoms with Crippen molar-refractivity contribution in [2.75, 3.05) is 39.0 Å². The van der Waals surface area contributed by atoms with E-state index in [9.17, 15) is 8.42 Å². The molecule has 1 saturated carbocycles. The van der Waals surface area contributed by atoms with Gasteiger partial charge in [0.05, 0.1) is 11.4 Å². The van der Waals surface area contributed by atoms with Crippen LogP contribution in [0, 0.1) is 5.92 Å². The lowest BCUT2D eigenvalue weighted by molar-refractivity contribution is 0.196. The third-order valence-electron chi connectivity index (χ3n) is 5.74. The third kappa shape index (κ3) is 7.56. The molecule has 8 nitrogen and oxygen atoms in total. The van der Waals surface area contributed by atoms with Gasteiger partial charge in [-0.1, -0.05) is 12.5 Å². The van der Waals surface area contributed by atoms with Gasteiger partial charge in [0.15, 0.2) is 5.96 Å². The van der Waals surface area contributed by atoms with Gasteiger partial charge in [-0.2, -0.15) is 0 Å². The lowest BCUT2D eigenvalue weighted by Gasteiger charge is -2.32. The predicted molar refractivity (Wildman–Crippen MR) is 116 cm³/mol. The highest BCUT2D eigenvalue weighted by Crippen LogP contribution is 2.25. The quantitative estimate of drug-likeness (QED) is 0.405. The number of nitrogens with one attached hydrogen (secondary N) is 3. The largest absolute Gasteiger partial charge is 0.355 e. The maximum absolute atomic E-state index is 12.1. The summed E-state index contributed by atoms with van der Waals surface area (Å²) < 4.78 is 26.9. The third-order valence-corrected chi connectivity index (χ3v) is 7.09. The lowest BCUT2D eigenvalue weighted by atomic mass is 9.86. The Morgan fingerprint density at radius 3 is 2.66 bits per heavy atom. The average Bonchev–Trinajstić information content (AvgIpc) is 2.68. The number of hydrogen-bond donors (Lipinski definition) is 3. The molecule has 0 aromatic carbocycles. The van der Waals surface area contributed by atoms with Crippen LogP contribution < -0.4 is 15.4 Å². The van der Waals surface area contributed by atoms with Crippen LogP contribution in [0.25, 0.3) is 0 Å². The van der Waals surface area contributed by atoms with Crippen LogP contribution in [0.15, 0.2) is 29.4 Å². The second-order valence-corrected chi connectivity index (χ2v) is 9.91. The molecule has 162 valence electrons. The van der Waals surface area contributed by atoms with Crippen molar-refractivity contribution in [3.8, 4) is 0 Å². The molecular formula is C20H34N6O2S. The molecule has 1 saturated heterocycles. The summed E-state index contributed by atoms with van der Waals surface area (Å²) in [7, 11) is -1.52. The number of pyridine rings is 1. The van der Waals surface area contributed by atoms with E-state index in [4.69, 9.17) is 0 Å². The number of aliphatic imine (C=N–C) groups is 1. The van der Waals surface area contributed by atoms with E-state index >= 15 is 0 Å². The summed E-state index contributed by atoms with van der Waals surface area (Å²) in [5.74, 6) is 1.25. The highest BCUT2D eigenvalue weighted by molar-refractivity contribution is 7.89. The van der Waals surface area contributed by atoms with Gasteiger partial charge in [-0.3, -0.25) is 14.9 Å². The highest BCUT2D eigenvalue weighted by atomic mass is 32.2. The fourth-order valence-electron chi connectivity index (χ4n) is 3.66. The van der Waals surface area contributed by atoms with E-state index in [0.29, 0.717) is 31.0 Å². The molecule has 2 aliphatic rings. The first-order valence-corrected chi connectivity index (χ1v) is 12.3. The van der Waals surface area contributed by atoms with Gasteiger partial charge < -0.3 is 10.6 Å². The van der Waals surface area contributed by atoms with Crippen LogP contribution >= 0.6 is 0 Å². The van der Waals surface area contributed by atoms with Gasteiger partial charge in [0.25, 0.3) is 0 Å². The predicted octanol–water partition coefficient (Wildman–Crippen LogP) is 0.931. The fraction of sp³-hybridized carbons (Fsp3) is 0.700. The van der Waals surface area contributed by atoms with Crippen molar-refractivity contribution in [1.29, 1.82) is 0 Å². The number of rotatable bonds is 9. The molecule has 29 heavy (non-hydrogen) atoms. The summed E-state index contributed by atoms with van der Waals surface area (Å²) in [5, 5.41) is 6.56. The molecule has 1 aliphatic carbocycles. The maximum atomic E-state index is 12.1. The van der Waals surface area contributed by atoms with Gasteiger partial charge >= 0.3 is 0 Å². The molecule has 0 spiro atoms. The van der Waals surface area contributed by atoms with E-state index in [0.717, 1.165) is 51.0 Å². The molecule has 1 aromatic heterocycles. The minimum Gasteiger partial charge on any atom is -0.355 e. The van der Waals surface area contributed by atoms with E-state index in [1.54, 1.807) is 7.05 Å². The minimum atomic E-state index is -3.23. The molecule has 0 unspecified atom stereocenters. The molecule has 2 fully saturated rings. The van der Waals surface area contributed by atoms with Crippen molar-refractivity contribution in [3.63, 3.8) is 0 Å². The molecule has 1 aliphatic heterocycles. The Morgan fingerprint density at radius 1 is 1.24 bits per heavy atom. The first kappa shape index (κ1) is 22.0. The standard InChI is InChI=1S/C20H34N6O2S/c1-21-20(23-11-14-29(27,28)24-15-17-5-4-6-17)25-18-8-12-26(13-9-18)16-19-7-2-3-10-22-19/h2-3,7,10,17-18,24H,4-6,8-9,11-16H2,1H3,(H2,21,23,25). The van der Waals surface area contributed by atoms with Crippen LogP contribution in [0.1, 0.15) is 37.8 Å². The Hall–Kier alpha value is -1.71. The van der Waals surface area contributed by atoms with Gasteiger partial charge in [-0.25, -0.2) is 13.1 Å². The Morgan fingerprint density at radius 2 is 2.03 bits per heavy atom. The van der Waals surface area contributed by atoms with Crippen LogP contribution in [-0.2, 0) is 16.6 Å². The van der Waals surface area contributed by atoms with Gasteiger partial charge in [-0.05, 0) is 43.7 Å². The molecule has 0 amide bonds. The summed E-state index contributed by atoms with van der Waals surface area (Å²) in [5.41, 5.74) is 1.10. The molecule has 2 heterocycles. The molecule has 0 radical (unpaired) electrons. The van der Waals surface area contributed by atoms with Crippen molar-refractivity contribution in [3.05, 3.63) is 30.1 Å². The molecule has 9 heteroatoms. The second kappa shape index (κ2) is 10.9. The van der Waals surface area contributed by atoms with Crippen LogP contribution in [0.2, 0.25) is 0 Å². The number of hydrogen-bond acceptors (Lipinski definition) is 5. The van der Waals surface area contributed by atoms with Crippen molar-refractivity contribution in [1.82, 2.24) is 25.2 Å². The monoisotopic (exact) mass is 422 g/mol. The zero-order chi connectivity index (χ0) is 20.5. The van der Waals surface area contributed by atoms with E-state index in [-0.39, 0.29) is 5.75 Å². The maximum Gasteiger partial charge on any atom is 0.213 e. The molecule has 3 rings (SSSR count). The summed E-state index contributed by atoms with van der Waals surface area (Å²) in [4.78, 5) is 11.1. The molecule has 0 atom stereocenters. The van der Waals surface area contributed by atoms with E-state index in [1.165, 1.54) is 6.42 Å². The normalized spacial score (nSPS) is 19.7. The number of likely N-dealkylation sites (tertiary alicyclic amines) is 1. The first-order valence-electron chi connectivity index (χ1n) is 10.6. The smallest absolute Gasteiger partial charge is 0.213 e. The van der Waals surface area contributed by atoms with E-state index < -0.39 is 10.0 Å². The van der Waals surface area contributed by atoms with Gasteiger partial charge in [0.2, 0.25) is 10.0 Å². The van der Waals surface area contributed by atoms with Crippen molar-refractivity contribution in [2.45, 2.75) is 44.7 Å². The summed E-state index contributed by atoms with van der Waals surface area (Å²) in [6, 6.07) is 6.36. The number of aromatic nitrogens is 1. The number of sulfonamides is 1. The van der Waals surface area contributed by atoms with Crippen LogP contribution in [-0.4, -0.2) is 69.3 Å². The van der Waals surface area contributed by atoms with Crippen LogP contribution in [0.5, 0.6) is 0 Å². The van der Waals surface area contributed by atoms with Gasteiger partial charge in [-0.15, -0.1) is 0 Å². The Balaban J connectivity index is 1.32. The minimum absolute atomic E-state index is 0.0585. The van der Waals surface area contributed by atoms with Crippen LogP contribution in [0.4, 0.5) is 0 Å². The highest BCUT2D eigenvalue weighted by Gasteiger charge is 2.21. The lowest BCUT2D eigenvalue weighted by Crippen LogP contribution is -2.49. The van der Waals surface area contributed by atoms with Crippen LogP contribution in [0.3, 0.4) is 0 Å². The average molecular weight is 423 g/mol. The first-order chi connectivity index (χ1) is 14.0. The van der Waals surface area contributed by atoms with Crippen molar-refractivity contribution >= 4 is 16.0 Å². The van der Waals surface area contributed by atoms with E-state index in [1.807, 2.05) is 18.3 Å². The number of nitrogens with zero attached hydrogens (tertiary/aromatic N) is 3. The van der Waals surface area contributed by atoms with Gasteiger partial charge in [0, 0.05) is 52.0 Å². The SMILES string of the molecule is CN=C(NCCS(=O)(=O)NCC1CCC1)NC1CCN(Cc2ccccn2)CC1. The van der Waals surface area contributed by atoms with E-state index in [2.05, 4.69) is 36.3 Å². The zero-order valence-electron chi connectivity index (χ0n) is 17.3. The topological polar surface area (TPSA) is 98.7 Å². The number of guanidine groups is 1. The van der Waals surface area contributed by atoms with Gasteiger partial charge in [0.1, 0.15) is 0 Å². The second-order valence-electron chi connectivity index (χ2n) is 7.98. The molecule has 3 N–H and O–H groups in total. The molecule has 1 aromatic rings. The summed E-state index contributed by atoms with van der Waals surface area (Å²) in [6.45, 7) is 3.81. The fourth-order valence-corrected chi connectivity index (χ4v) is 4.67. The number of piperidine rings is 1. The van der Waals surface area contributed by atoms with Crippen molar-refractivity contribution < 1.29 is 8.42 Å². The zero-order valence-corrected chi connectivity index (χ0v) is 18.1. The summed E-state index contributed by atoms with van der Waals surface area (Å²) in [6.07, 6.45) is 7.37. The Bertz CT molecular complexity index is 743. The molecular weight excluding hydrogens is 388 g/mol. The Kier molecular flexibility index (Phi) is 8.26.